The second-order valence-electron chi connectivity index (χ2n) is 7.59. The van der Waals surface area contributed by atoms with Crippen molar-refractivity contribution in [1.29, 1.82) is 0 Å². The standard InChI is InChI=1S/C21H34N4O2S/c1-24-10-6-11-25(13-12-24)16-18(15-17-7-4-3-5-8-17)21(27)23-19(20(22)26)9-14-28-2/h3-5,7-8,18-19H,6,9-16H2,1-2H3,(H2,22,26)(H,23,27)/t18?,19-/m0/s1. The molecule has 1 aromatic carbocycles. The minimum absolute atomic E-state index is 0.0774. The molecule has 0 aliphatic carbocycles. The molecule has 3 N–H and O–H groups in total. The van der Waals surface area contributed by atoms with Gasteiger partial charge in [-0.25, -0.2) is 0 Å². The Morgan fingerprint density at radius 3 is 2.61 bits per heavy atom. The van der Waals surface area contributed by atoms with Crippen molar-refractivity contribution >= 4 is 23.6 Å². The van der Waals surface area contributed by atoms with Gasteiger partial charge in [-0.1, -0.05) is 30.3 Å². The lowest BCUT2D eigenvalue weighted by Gasteiger charge is -2.27. The van der Waals surface area contributed by atoms with Crippen molar-refractivity contribution in [3.05, 3.63) is 35.9 Å². The van der Waals surface area contributed by atoms with Gasteiger partial charge in [-0.2, -0.15) is 11.8 Å². The van der Waals surface area contributed by atoms with Crippen molar-refractivity contribution in [3.8, 4) is 0 Å². The van der Waals surface area contributed by atoms with Crippen molar-refractivity contribution in [3.63, 3.8) is 0 Å². The van der Waals surface area contributed by atoms with Gasteiger partial charge in [0, 0.05) is 19.6 Å². The van der Waals surface area contributed by atoms with Crippen LogP contribution in [0.25, 0.3) is 0 Å². The molecule has 2 atom stereocenters. The number of thioether (sulfide) groups is 1. The number of benzene rings is 1. The molecule has 1 aromatic rings. The third-order valence-electron chi connectivity index (χ3n) is 5.26. The van der Waals surface area contributed by atoms with E-state index >= 15 is 0 Å². The normalized spacial score (nSPS) is 18.2. The Hall–Kier alpha value is -1.57. The summed E-state index contributed by atoms with van der Waals surface area (Å²) in [5.74, 6) is 0.0425. The van der Waals surface area contributed by atoms with Gasteiger partial charge in [0.1, 0.15) is 6.04 Å². The van der Waals surface area contributed by atoms with Gasteiger partial charge in [-0.05, 0) is 57.0 Å². The summed E-state index contributed by atoms with van der Waals surface area (Å²) in [6.45, 7) is 4.75. The lowest BCUT2D eigenvalue weighted by atomic mass is 9.97. The first-order chi connectivity index (χ1) is 13.5. The molecule has 0 radical (unpaired) electrons. The first kappa shape index (κ1) is 22.7. The molecule has 0 saturated carbocycles. The van der Waals surface area contributed by atoms with Crippen LogP contribution in [0.2, 0.25) is 0 Å². The second kappa shape index (κ2) is 12.1. The first-order valence-corrected chi connectivity index (χ1v) is 11.4. The van der Waals surface area contributed by atoms with E-state index in [1.54, 1.807) is 11.8 Å². The number of nitrogens with two attached hydrogens (primary N) is 1. The summed E-state index contributed by atoms with van der Waals surface area (Å²) in [5, 5.41) is 2.92. The molecular weight excluding hydrogens is 372 g/mol. The number of hydrogen-bond donors (Lipinski definition) is 2. The Labute approximate surface area is 173 Å². The lowest BCUT2D eigenvalue weighted by Crippen LogP contribution is -2.49. The van der Waals surface area contributed by atoms with Crippen LogP contribution in [0.3, 0.4) is 0 Å². The molecule has 2 rings (SSSR count). The number of nitrogens with zero attached hydrogens (tertiary/aromatic N) is 2. The highest BCUT2D eigenvalue weighted by molar-refractivity contribution is 7.98. The first-order valence-electron chi connectivity index (χ1n) is 10.0. The SMILES string of the molecule is CSCC[C@H](NC(=O)C(Cc1ccccc1)CN1CCCN(C)CC1)C(N)=O. The zero-order valence-corrected chi connectivity index (χ0v) is 17.9. The highest BCUT2D eigenvalue weighted by atomic mass is 32.2. The van der Waals surface area contributed by atoms with Gasteiger partial charge in [0.25, 0.3) is 0 Å². The maximum absolute atomic E-state index is 13.1. The molecule has 1 fully saturated rings. The summed E-state index contributed by atoms with van der Waals surface area (Å²) < 4.78 is 0. The summed E-state index contributed by atoms with van der Waals surface area (Å²) >= 11 is 1.64. The van der Waals surface area contributed by atoms with Gasteiger partial charge in [0.2, 0.25) is 11.8 Å². The highest BCUT2D eigenvalue weighted by Crippen LogP contribution is 2.14. The molecule has 0 spiro atoms. The molecule has 2 amide bonds. The van der Waals surface area contributed by atoms with E-state index in [0.29, 0.717) is 19.4 Å². The average molecular weight is 407 g/mol. The molecular formula is C21H34N4O2S. The van der Waals surface area contributed by atoms with Gasteiger partial charge in [0.15, 0.2) is 0 Å². The van der Waals surface area contributed by atoms with E-state index in [2.05, 4.69) is 34.3 Å². The predicted molar refractivity (Wildman–Crippen MR) is 116 cm³/mol. The number of likely N-dealkylation sites (N-methyl/N-ethyl adjacent to an activating group) is 1. The third kappa shape index (κ3) is 7.81. The zero-order chi connectivity index (χ0) is 20.4. The smallest absolute Gasteiger partial charge is 0.240 e. The molecule has 1 aliphatic heterocycles. The minimum atomic E-state index is -0.603. The molecule has 0 bridgehead atoms. The van der Waals surface area contributed by atoms with Crippen molar-refractivity contribution in [2.45, 2.75) is 25.3 Å². The number of rotatable bonds is 10. The Morgan fingerprint density at radius 2 is 1.93 bits per heavy atom. The van der Waals surface area contributed by atoms with E-state index < -0.39 is 11.9 Å². The number of amides is 2. The molecule has 1 heterocycles. The van der Waals surface area contributed by atoms with Crippen LogP contribution in [0.4, 0.5) is 0 Å². The molecule has 7 heteroatoms. The van der Waals surface area contributed by atoms with Gasteiger partial charge in [-0.3, -0.25) is 9.59 Å². The molecule has 156 valence electrons. The maximum atomic E-state index is 13.1. The Bertz CT molecular complexity index is 614. The van der Waals surface area contributed by atoms with Crippen molar-refractivity contribution in [1.82, 2.24) is 15.1 Å². The van der Waals surface area contributed by atoms with E-state index in [1.807, 2.05) is 24.5 Å². The molecule has 6 nitrogen and oxygen atoms in total. The zero-order valence-electron chi connectivity index (χ0n) is 17.1. The Morgan fingerprint density at radius 1 is 1.18 bits per heavy atom. The van der Waals surface area contributed by atoms with Gasteiger partial charge in [0.05, 0.1) is 5.92 Å². The van der Waals surface area contributed by atoms with Crippen LogP contribution >= 0.6 is 11.8 Å². The van der Waals surface area contributed by atoms with Crippen LogP contribution in [0.1, 0.15) is 18.4 Å². The topological polar surface area (TPSA) is 78.7 Å². The van der Waals surface area contributed by atoms with E-state index in [-0.39, 0.29) is 11.8 Å². The van der Waals surface area contributed by atoms with Crippen molar-refractivity contribution in [2.24, 2.45) is 11.7 Å². The van der Waals surface area contributed by atoms with Crippen LogP contribution in [0.15, 0.2) is 30.3 Å². The number of primary amides is 1. The van der Waals surface area contributed by atoms with Gasteiger partial charge in [-0.15, -0.1) is 0 Å². The Kier molecular flexibility index (Phi) is 9.81. The second-order valence-corrected chi connectivity index (χ2v) is 8.57. The van der Waals surface area contributed by atoms with Gasteiger partial charge >= 0.3 is 0 Å². The number of carbonyl (C=O) groups excluding carboxylic acids is 2. The fourth-order valence-corrected chi connectivity index (χ4v) is 4.02. The largest absolute Gasteiger partial charge is 0.368 e. The van der Waals surface area contributed by atoms with Crippen LogP contribution in [0.5, 0.6) is 0 Å². The van der Waals surface area contributed by atoms with Crippen LogP contribution in [-0.4, -0.2) is 79.4 Å². The molecule has 0 aromatic heterocycles. The van der Waals surface area contributed by atoms with E-state index in [9.17, 15) is 9.59 Å². The summed E-state index contributed by atoms with van der Waals surface area (Å²) in [5.41, 5.74) is 6.65. The van der Waals surface area contributed by atoms with Crippen LogP contribution in [0, 0.1) is 5.92 Å². The van der Waals surface area contributed by atoms with Crippen LogP contribution < -0.4 is 11.1 Å². The average Bonchev–Trinajstić information content (AvgIpc) is 2.89. The van der Waals surface area contributed by atoms with Crippen molar-refractivity contribution < 1.29 is 9.59 Å². The quantitative estimate of drug-likeness (QED) is 0.611. The summed E-state index contributed by atoms with van der Waals surface area (Å²) in [4.78, 5) is 29.6. The number of hydrogen-bond acceptors (Lipinski definition) is 5. The van der Waals surface area contributed by atoms with Crippen molar-refractivity contribution in [2.75, 3.05) is 51.8 Å². The van der Waals surface area contributed by atoms with E-state index in [4.69, 9.17) is 5.73 Å². The van der Waals surface area contributed by atoms with Crippen LogP contribution in [-0.2, 0) is 16.0 Å². The molecule has 1 saturated heterocycles. The monoisotopic (exact) mass is 406 g/mol. The fraction of sp³-hybridized carbons (Fsp3) is 0.619. The Balaban J connectivity index is 2.07. The lowest BCUT2D eigenvalue weighted by molar-refractivity contribution is -0.130. The van der Waals surface area contributed by atoms with Gasteiger partial charge < -0.3 is 20.9 Å². The molecule has 1 unspecified atom stereocenters. The summed E-state index contributed by atoms with van der Waals surface area (Å²) in [6, 6.07) is 9.47. The number of nitrogens with one attached hydrogen (secondary N) is 1. The molecule has 28 heavy (non-hydrogen) atoms. The predicted octanol–water partition coefficient (Wildman–Crippen LogP) is 1.21. The minimum Gasteiger partial charge on any atom is -0.368 e. The van der Waals surface area contributed by atoms with E-state index in [0.717, 1.165) is 43.9 Å². The maximum Gasteiger partial charge on any atom is 0.240 e. The fourth-order valence-electron chi connectivity index (χ4n) is 3.54. The highest BCUT2D eigenvalue weighted by Gasteiger charge is 2.26. The summed E-state index contributed by atoms with van der Waals surface area (Å²) in [6.07, 6.45) is 4.31. The summed E-state index contributed by atoms with van der Waals surface area (Å²) in [7, 11) is 2.14. The third-order valence-corrected chi connectivity index (χ3v) is 5.90. The molecule has 1 aliphatic rings. The number of carbonyl (C=O) groups is 2. The van der Waals surface area contributed by atoms with E-state index in [1.165, 1.54) is 0 Å².